The minimum absolute atomic E-state index is 0.0612. The van der Waals surface area contributed by atoms with Crippen molar-refractivity contribution in [2.24, 2.45) is 0 Å². The maximum absolute atomic E-state index is 10.5. The lowest BCUT2D eigenvalue weighted by Gasteiger charge is -2.08. The van der Waals surface area contributed by atoms with Crippen molar-refractivity contribution in [2.75, 3.05) is 11.9 Å². The van der Waals surface area contributed by atoms with E-state index in [4.69, 9.17) is 28.3 Å². The second kappa shape index (κ2) is 5.05. The fraction of sp³-hybridized carbons (Fsp3) is 0.100. The van der Waals surface area contributed by atoms with Gasteiger partial charge >= 0.3 is 5.97 Å². The van der Waals surface area contributed by atoms with Crippen molar-refractivity contribution in [3.8, 4) is 0 Å². The Balaban J connectivity index is 2.70. The molecule has 0 saturated heterocycles. The molecule has 0 aliphatic carbocycles. The normalized spacial score (nSPS) is 9.73. The molecule has 0 saturated carbocycles. The van der Waals surface area contributed by atoms with Crippen molar-refractivity contribution in [3.63, 3.8) is 0 Å². The molecule has 0 atom stereocenters. The van der Waals surface area contributed by atoms with Gasteiger partial charge in [-0.2, -0.15) is 0 Å². The predicted molar refractivity (Wildman–Crippen MR) is 61.7 cm³/mol. The molecule has 80 valence electrons. The standard InChI is InChI=1S/C10H9Cl2NO2/c1-6(10(14)15)5-13-8-4-2-3-7(11)9(8)12/h2-4,13H,1,5H2,(H,14,15). The summed E-state index contributed by atoms with van der Waals surface area (Å²) in [4.78, 5) is 10.5. The summed E-state index contributed by atoms with van der Waals surface area (Å²) in [6.07, 6.45) is 0. The molecule has 0 aliphatic heterocycles. The van der Waals surface area contributed by atoms with Gasteiger partial charge in [-0.1, -0.05) is 35.8 Å². The SMILES string of the molecule is C=C(CNc1cccc(Cl)c1Cl)C(=O)O. The number of carboxylic acid groups (broad SMARTS) is 1. The lowest BCUT2D eigenvalue weighted by atomic mass is 10.2. The van der Waals surface area contributed by atoms with E-state index in [1.165, 1.54) is 0 Å². The van der Waals surface area contributed by atoms with Crippen LogP contribution in [0.5, 0.6) is 0 Å². The second-order valence-electron chi connectivity index (χ2n) is 2.86. The van der Waals surface area contributed by atoms with Gasteiger partial charge in [-0.25, -0.2) is 4.79 Å². The Morgan fingerprint density at radius 3 is 2.73 bits per heavy atom. The predicted octanol–water partition coefficient (Wildman–Crippen LogP) is 3.05. The van der Waals surface area contributed by atoms with Crippen LogP contribution in [0.4, 0.5) is 5.69 Å². The highest BCUT2D eigenvalue weighted by Crippen LogP contribution is 2.29. The maximum atomic E-state index is 10.5. The molecule has 1 aromatic rings. The molecule has 0 aliphatic rings. The van der Waals surface area contributed by atoms with Gasteiger partial charge in [0.1, 0.15) is 0 Å². The van der Waals surface area contributed by atoms with Crippen LogP contribution in [0.3, 0.4) is 0 Å². The Labute approximate surface area is 97.3 Å². The van der Waals surface area contributed by atoms with Gasteiger partial charge < -0.3 is 10.4 Å². The van der Waals surface area contributed by atoms with Crippen LogP contribution in [0.25, 0.3) is 0 Å². The van der Waals surface area contributed by atoms with Gasteiger partial charge in [-0.05, 0) is 12.1 Å². The Bertz CT molecular complexity index is 404. The van der Waals surface area contributed by atoms with Crippen LogP contribution in [0.2, 0.25) is 10.0 Å². The molecule has 3 nitrogen and oxygen atoms in total. The van der Waals surface area contributed by atoms with E-state index in [-0.39, 0.29) is 12.1 Å². The van der Waals surface area contributed by atoms with Gasteiger partial charge in [0.05, 0.1) is 15.7 Å². The molecule has 0 radical (unpaired) electrons. The lowest BCUT2D eigenvalue weighted by molar-refractivity contribution is -0.132. The third-order valence-corrected chi connectivity index (χ3v) is 2.57. The van der Waals surface area contributed by atoms with E-state index in [2.05, 4.69) is 11.9 Å². The van der Waals surface area contributed by atoms with Gasteiger partial charge in [0.15, 0.2) is 0 Å². The summed E-state index contributed by atoms with van der Waals surface area (Å²) < 4.78 is 0. The van der Waals surface area contributed by atoms with E-state index < -0.39 is 5.97 Å². The average molecular weight is 246 g/mol. The number of hydrogen-bond donors (Lipinski definition) is 2. The van der Waals surface area contributed by atoms with Crippen LogP contribution < -0.4 is 5.32 Å². The Kier molecular flexibility index (Phi) is 4.00. The number of carboxylic acids is 1. The molecule has 0 heterocycles. The first-order chi connectivity index (χ1) is 7.02. The first kappa shape index (κ1) is 11.9. The van der Waals surface area contributed by atoms with E-state index in [1.807, 2.05) is 0 Å². The van der Waals surface area contributed by atoms with Crippen LogP contribution in [0, 0.1) is 0 Å². The van der Waals surface area contributed by atoms with E-state index in [0.29, 0.717) is 15.7 Å². The molecule has 0 fully saturated rings. The zero-order chi connectivity index (χ0) is 11.4. The number of carbonyl (C=O) groups is 1. The summed E-state index contributed by atoms with van der Waals surface area (Å²) in [6, 6.07) is 5.09. The first-order valence-corrected chi connectivity index (χ1v) is 4.87. The summed E-state index contributed by atoms with van der Waals surface area (Å²) in [6.45, 7) is 3.50. The maximum Gasteiger partial charge on any atom is 0.332 e. The number of hydrogen-bond acceptors (Lipinski definition) is 2. The van der Waals surface area contributed by atoms with Gasteiger partial charge in [-0.3, -0.25) is 0 Å². The van der Waals surface area contributed by atoms with Crippen LogP contribution in [-0.2, 0) is 4.79 Å². The van der Waals surface area contributed by atoms with Gasteiger partial charge in [0, 0.05) is 12.1 Å². The minimum atomic E-state index is -1.04. The molecule has 15 heavy (non-hydrogen) atoms. The molecular weight excluding hydrogens is 237 g/mol. The number of nitrogens with one attached hydrogen (secondary N) is 1. The summed E-state index contributed by atoms with van der Waals surface area (Å²) >= 11 is 11.7. The molecule has 2 N–H and O–H groups in total. The van der Waals surface area contributed by atoms with Gasteiger partial charge in [-0.15, -0.1) is 0 Å². The number of rotatable bonds is 4. The zero-order valence-electron chi connectivity index (χ0n) is 7.76. The summed E-state index contributed by atoms with van der Waals surface area (Å²) in [5.41, 5.74) is 0.651. The Morgan fingerprint density at radius 1 is 1.47 bits per heavy atom. The fourth-order valence-corrected chi connectivity index (χ4v) is 1.29. The van der Waals surface area contributed by atoms with Crippen molar-refractivity contribution >= 4 is 34.9 Å². The number of halogens is 2. The van der Waals surface area contributed by atoms with Crippen LogP contribution in [0.15, 0.2) is 30.4 Å². The van der Waals surface area contributed by atoms with Gasteiger partial charge in [0.25, 0.3) is 0 Å². The molecule has 0 aromatic heterocycles. The first-order valence-electron chi connectivity index (χ1n) is 4.11. The quantitative estimate of drug-likeness (QED) is 0.802. The fourth-order valence-electron chi connectivity index (χ4n) is 0.918. The van der Waals surface area contributed by atoms with E-state index in [1.54, 1.807) is 18.2 Å². The minimum Gasteiger partial charge on any atom is -0.478 e. The highest BCUT2D eigenvalue weighted by atomic mass is 35.5. The molecule has 0 bridgehead atoms. The van der Waals surface area contributed by atoms with Crippen molar-refractivity contribution in [3.05, 3.63) is 40.4 Å². The molecule has 0 spiro atoms. The third kappa shape index (κ3) is 3.15. The third-order valence-electron chi connectivity index (χ3n) is 1.75. The Hall–Kier alpha value is -1.19. The van der Waals surface area contributed by atoms with E-state index in [9.17, 15) is 4.79 Å². The molecule has 0 amide bonds. The van der Waals surface area contributed by atoms with Crippen molar-refractivity contribution in [1.82, 2.24) is 0 Å². The summed E-state index contributed by atoms with van der Waals surface area (Å²) in [7, 11) is 0. The van der Waals surface area contributed by atoms with Crippen molar-refractivity contribution in [2.45, 2.75) is 0 Å². The average Bonchev–Trinajstić information content (AvgIpc) is 2.19. The van der Waals surface area contributed by atoms with E-state index >= 15 is 0 Å². The molecule has 1 aromatic carbocycles. The molecule has 5 heteroatoms. The van der Waals surface area contributed by atoms with Crippen molar-refractivity contribution < 1.29 is 9.90 Å². The number of benzene rings is 1. The summed E-state index contributed by atoms with van der Waals surface area (Å²) in [5.74, 6) is -1.04. The lowest BCUT2D eigenvalue weighted by Crippen LogP contribution is -2.11. The number of anilines is 1. The monoisotopic (exact) mass is 245 g/mol. The van der Waals surface area contributed by atoms with Crippen molar-refractivity contribution in [1.29, 1.82) is 0 Å². The molecule has 0 unspecified atom stereocenters. The summed E-state index contributed by atoms with van der Waals surface area (Å²) in [5, 5.41) is 12.2. The Morgan fingerprint density at radius 2 is 2.13 bits per heavy atom. The smallest absolute Gasteiger partial charge is 0.332 e. The second-order valence-corrected chi connectivity index (χ2v) is 3.65. The topological polar surface area (TPSA) is 49.3 Å². The van der Waals surface area contributed by atoms with Gasteiger partial charge in [0.2, 0.25) is 0 Å². The van der Waals surface area contributed by atoms with Crippen LogP contribution >= 0.6 is 23.2 Å². The number of aliphatic carboxylic acids is 1. The van der Waals surface area contributed by atoms with E-state index in [0.717, 1.165) is 0 Å². The molecule has 1 rings (SSSR count). The largest absolute Gasteiger partial charge is 0.478 e. The molecular formula is C10H9Cl2NO2. The highest BCUT2D eigenvalue weighted by Gasteiger charge is 2.06. The zero-order valence-corrected chi connectivity index (χ0v) is 9.27. The van der Waals surface area contributed by atoms with Crippen LogP contribution in [-0.4, -0.2) is 17.6 Å². The van der Waals surface area contributed by atoms with Crippen LogP contribution in [0.1, 0.15) is 0 Å². The highest BCUT2D eigenvalue weighted by molar-refractivity contribution is 6.43.